The smallest absolute Gasteiger partial charge is 0.240 e. The minimum absolute atomic E-state index is 0.0399. The SMILES string of the molecule is CC(C)C[C@H](N)C(=O)NCC(O)CNS(=O)(=O)c1ccc(Oc2ccccc2)cc1. The van der Waals surface area contributed by atoms with E-state index in [2.05, 4.69) is 10.0 Å². The monoisotopic (exact) mass is 435 g/mol. The van der Waals surface area contributed by atoms with Gasteiger partial charge in [0.05, 0.1) is 17.0 Å². The quantitative estimate of drug-likeness (QED) is 0.424. The van der Waals surface area contributed by atoms with Gasteiger partial charge < -0.3 is 20.9 Å². The molecule has 0 aliphatic carbocycles. The summed E-state index contributed by atoms with van der Waals surface area (Å²) >= 11 is 0. The molecule has 8 nitrogen and oxygen atoms in total. The van der Waals surface area contributed by atoms with Crippen LogP contribution in [0.4, 0.5) is 0 Å². The van der Waals surface area contributed by atoms with Gasteiger partial charge in [0.1, 0.15) is 11.5 Å². The number of carbonyl (C=O) groups is 1. The number of benzene rings is 2. The van der Waals surface area contributed by atoms with Gasteiger partial charge in [-0.2, -0.15) is 0 Å². The fraction of sp³-hybridized carbons (Fsp3) is 0.381. The minimum atomic E-state index is -3.82. The van der Waals surface area contributed by atoms with Gasteiger partial charge in [-0.3, -0.25) is 4.79 Å². The third-order valence-corrected chi connectivity index (χ3v) is 5.64. The van der Waals surface area contributed by atoms with Crippen LogP contribution in [0.1, 0.15) is 20.3 Å². The molecule has 0 aromatic heterocycles. The van der Waals surface area contributed by atoms with Crippen LogP contribution in [0.2, 0.25) is 0 Å². The summed E-state index contributed by atoms with van der Waals surface area (Å²) in [5.74, 6) is 1.04. The van der Waals surface area contributed by atoms with Crippen molar-refractivity contribution in [1.29, 1.82) is 0 Å². The van der Waals surface area contributed by atoms with Crippen LogP contribution in [0, 0.1) is 5.92 Å². The van der Waals surface area contributed by atoms with Gasteiger partial charge in [0.15, 0.2) is 0 Å². The van der Waals surface area contributed by atoms with Crippen molar-refractivity contribution in [3.05, 3.63) is 54.6 Å². The topological polar surface area (TPSA) is 131 Å². The maximum atomic E-state index is 12.4. The molecule has 2 aromatic rings. The molecule has 9 heteroatoms. The molecule has 0 aliphatic rings. The second-order valence-electron chi connectivity index (χ2n) is 7.37. The van der Waals surface area contributed by atoms with Crippen LogP contribution >= 0.6 is 0 Å². The van der Waals surface area contributed by atoms with E-state index in [0.29, 0.717) is 17.9 Å². The predicted octanol–water partition coefficient (Wildman–Crippen LogP) is 1.61. The van der Waals surface area contributed by atoms with Gasteiger partial charge in [0.25, 0.3) is 0 Å². The van der Waals surface area contributed by atoms with Crippen molar-refractivity contribution in [2.45, 2.75) is 37.3 Å². The van der Waals surface area contributed by atoms with E-state index in [1.165, 1.54) is 12.1 Å². The Kier molecular flexibility index (Phi) is 8.79. The maximum absolute atomic E-state index is 12.4. The molecule has 5 N–H and O–H groups in total. The van der Waals surface area contributed by atoms with Gasteiger partial charge in [-0.05, 0) is 48.7 Å². The summed E-state index contributed by atoms with van der Waals surface area (Å²) in [4.78, 5) is 11.9. The van der Waals surface area contributed by atoms with E-state index in [4.69, 9.17) is 10.5 Å². The van der Waals surface area contributed by atoms with Gasteiger partial charge in [-0.1, -0.05) is 32.0 Å². The maximum Gasteiger partial charge on any atom is 0.240 e. The summed E-state index contributed by atoms with van der Waals surface area (Å²) in [5.41, 5.74) is 5.77. The van der Waals surface area contributed by atoms with Crippen LogP contribution < -0.4 is 20.5 Å². The van der Waals surface area contributed by atoms with E-state index >= 15 is 0 Å². The van der Waals surface area contributed by atoms with Crippen LogP contribution in [0.5, 0.6) is 11.5 Å². The van der Waals surface area contributed by atoms with Crippen molar-refractivity contribution >= 4 is 15.9 Å². The Labute approximate surface area is 177 Å². The average Bonchev–Trinajstić information content (AvgIpc) is 2.71. The molecule has 0 radical (unpaired) electrons. The van der Waals surface area contributed by atoms with Crippen LogP contribution in [-0.4, -0.2) is 44.7 Å². The Morgan fingerprint density at radius 3 is 2.23 bits per heavy atom. The summed E-state index contributed by atoms with van der Waals surface area (Å²) in [6.45, 7) is 3.56. The van der Waals surface area contributed by atoms with Crippen LogP contribution in [0.25, 0.3) is 0 Å². The molecule has 1 unspecified atom stereocenters. The number of carbonyl (C=O) groups excluding carboxylic acids is 1. The van der Waals surface area contributed by atoms with E-state index in [1.54, 1.807) is 24.3 Å². The Hall–Kier alpha value is -2.46. The molecule has 2 atom stereocenters. The van der Waals surface area contributed by atoms with E-state index in [0.717, 1.165) is 0 Å². The lowest BCUT2D eigenvalue weighted by atomic mass is 10.0. The number of para-hydroxylation sites is 1. The first-order chi connectivity index (χ1) is 14.2. The molecule has 0 bridgehead atoms. The number of sulfonamides is 1. The number of ether oxygens (including phenoxy) is 1. The van der Waals surface area contributed by atoms with Crippen LogP contribution in [0.3, 0.4) is 0 Å². The van der Waals surface area contributed by atoms with Gasteiger partial charge in [0.2, 0.25) is 15.9 Å². The van der Waals surface area contributed by atoms with Gasteiger partial charge in [0, 0.05) is 13.1 Å². The first-order valence-electron chi connectivity index (χ1n) is 9.71. The van der Waals surface area contributed by atoms with Crippen molar-refractivity contribution in [3.63, 3.8) is 0 Å². The highest BCUT2D eigenvalue weighted by Gasteiger charge is 2.18. The highest BCUT2D eigenvalue weighted by Crippen LogP contribution is 2.22. The zero-order chi connectivity index (χ0) is 22.1. The third-order valence-electron chi connectivity index (χ3n) is 4.20. The van der Waals surface area contributed by atoms with Crippen LogP contribution in [-0.2, 0) is 14.8 Å². The molecule has 30 heavy (non-hydrogen) atoms. The summed E-state index contributed by atoms with van der Waals surface area (Å²) in [6, 6.07) is 14.4. The van der Waals surface area contributed by atoms with Gasteiger partial charge in [-0.15, -0.1) is 0 Å². The van der Waals surface area contributed by atoms with Crippen molar-refractivity contribution in [1.82, 2.24) is 10.0 Å². The van der Waals surface area contributed by atoms with Crippen LogP contribution in [0.15, 0.2) is 59.5 Å². The number of aliphatic hydroxyl groups is 1. The normalized spacial score (nSPS) is 13.6. The molecule has 164 valence electrons. The van der Waals surface area contributed by atoms with Gasteiger partial charge in [-0.25, -0.2) is 13.1 Å². The fourth-order valence-electron chi connectivity index (χ4n) is 2.64. The third kappa shape index (κ3) is 7.75. The molecule has 2 aromatic carbocycles. The molecule has 1 amide bonds. The zero-order valence-corrected chi connectivity index (χ0v) is 17.9. The lowest BCUT2D eigenvalue weighted by Gasteiger charge is -2.17. The molecule has 0 saturated carbocycles. The number of rotatable bonds is 11. The fourth-order valence-corrected chi connectivity index (χ4v) is 3.71. The number of nitrogens with one attached hydrogen (secondary N) is 2. The lowest BCUT2D eigenvalue weighted by molar-refractivity contribution is -0.123. The lowest BCUT2D eigenvalue weighted by Crippen LogP contribution is -2.46. The van der Waals surface area contributed by atoms with Crippen molar-refractivity contribution in [3.8, 4) is 11.5 Å². The standard InChI is InChI=1S/C21H29N3O5S/c1-15(2)12-20(22)21(26)23-13-16(25)14-24-30(27,28)19-10-8-18(9-11-19)29-17-6-4-3-5-7-17/h3-11,15-16,20,24-25H,12-14,22H2,1-2H3,(H,23,26)/t16?,20-/m0/s1. The largest absolute Gasteiger partial charge is 0.457 e. The van der Waals surface area contributed by atoms with E-state index in [1.807, 2.05) is 32.0 Å². The molecule has 2 rings (SSSR count). The first-order valence-corrected chi connectivity index (χ1v) is 11.2. The molecule has 0 aliphatic heterocycles. The predicted molar refractivity (Wildman–Crippen MR) is 115 cm³/mol. The first kappa shape index (κ1) is 23.8. The van der Waals surface area contributed by atoms with Gasteiger partial charge >= 0.3 is 0 Å². The van der Waals surface area contributed by atoms with Crippen molar-refractivity contribution in [2.24, 2.45) is 11.7 Å². The molecule has 0 saturated heterocycles. The molecular formula is C21H29N3O5S. The highest BCUT2D eigenvalue weighted by molar-refractivity contribution is 7.89. The molecule has 0 heterocycles. The highest BCUT2D eigenvalue weighted by atomic mass is 32.2. The molecule has 0 fully saturated rings. The second-order valence-corrected chi connectivity index (χ2v) is 9.14. The minimum Gasteiger partial charge on any atom is -0.457 e. The summed E-state index contributed by atoms with van der Waals surface area (Å²) in [5, 5.41) is 12.5. The molecule has 0 spiro atoms. The molecular weight excluding hydrogens is 406 g/mol. The second kappa shape index (κ2) is 11.1. The Morgan fingerprint density at radius 1 is 1.03 bits per heavy atom. The number of hydrogen-bond acceptors (Lipinski definition) is 6. The number of hydrogen-bond donors (Lipinski definition) is 4. The Bertz CT molecular complexity index is 902. The van der Waals surface area contributed by atoms with E-state index in [9.17, 15) is 18.3 Å². The number of aliphatic hydroxyl groups excluding tert-OH is 1. The number of nitrogens with two attached hydrogens (primary N) is 1. The Morgan fingerprint density at radius 2 is 1.63 bits per heavy atom. The van der Waals surface area contributed by atoms with Crippen molar-refractivity contribution in [2.75, 3.05) is 13.1 Å². The Balaban J connectivity index is 1.83. The van der Waals surface area contributed by atoms with Crippen molar-refractivity contribution < 1.29 is 23.1 Å². The van der Waals surface area contributed by atoms with E-state index in [-0.39, 0.29) is 29.8 Å². The average molecular weight is 436 g/mol. The summed E-state index contributed by atoms with van der Waals surface area (Å²) < 4.78 is 32.8. The summed E-state index contributed by atoms with van der Waals surface area (Å²) in [7, 11) is -3.82. The van der Waals surface area contributed by atoms with E-state index < -0.39 is 22.2 Å². The zero-order valence-electron chi connectivity index (χ0n) is 17.1. The summed E-state index contributed by atoms with van der Waals surface area (Å²) in [6.07, 6.45) is -0.561. The number of amides is 1.